The highest BCUT2D eigenvalue weighted by atomic mass is 16.4. The maximum Gasteiger partial charge on any atom is 0.382 e. The lowest BCUT2D eigenvalue weighted by Gasteiger charge is -2.42. The molecule has 0 amide bonds. The summed E-state index contributed by atoms with van der Waals surface area (Å²) in [7, 11) is 0. The lowest BCUT2D eigenvalue weighted by Crippen LogP contribution is -2.34. The number of benzene rings is 1. The summed E-state index contributed by atoms with van der Waals surface area (Å²) < 4.78 is 0. The normalized spacial score (nSPS) is 30.4. The fraction of sp³-hybridized carbons (Fsp3) is 0.522. The van der Waals surface area contributed by atoms with Crippen molar-refractivity contribution in [3.05, 3.63) is 46.5 Å². The number of carboxylic acids is 1. The standard InChI is InChI=1S/C23H26O2/c1-21(2)11-12-22(3,4)18-13-16(6-7-17(18)21)23-10-9-15(19(23)14-23)5-8-20(24)25/h6-7,9,13,19H,10-12,14H2,1-4H3,(H,24,25). The predicted molar refractivity (Wildman–Crippen MR) is 99.6 cm³/mol. The predicted octanol–water partition coefficient (Wildman–Crippen LogP) is 4.71. The molecule has 130 valence electrons. The Balaban J connectivity index is 1.70. The van der Waals surface area contributed by atoms with E-state index in [1.54, 1.807) is 0 Å². The fourth-order valence-electron chi connectivity index (χ4n) is 4.97. The van der Waals surface area contributed by atoms with Gasteiger partial charge in [-0.1, -0.05) is 57.9 Å². The van der Waals surface area contributed by atoms with E-state index < -0.39 is 5.97 Å². The van der Waals surface area contributed by atoms with Crippen molar-refractivity contribution in [2.24, 2.45) is 5.92 Å². The quantitative estimate of drug-likeness (QED) is 0.755. The van der Waals surface area contributed by atoms with Crippen LogP contribution in [0.2, 0.25) is 0 Å². The smallest absolute Gasteiger partial charge is 0.382 e. The summed E-state index contributed by atoms with van der Waals surface area (Å²) in [6.45, 7) is 9.44. The number of allylic oxidation sites excluding steroid dienone is 2. The van der Waals surface area contributed by atoms with Crippen LogP contribution in [0.4, 0.5) is 0 Å². The lowest BCUT2D eigenvalue weighted by atomic mass is 9.62. The second-order valence-electron chi connectivity index (χ2n) is 9.36. The second kappa shape index (κ2) is 5.01. The highest BCUT2D eigenvalue weighted by molar-refractivity contribution is 5.87. The zero-order valence-electron chi connectivity index (χ0n) is 15.6. The van der Waals surface area contributed by atoms with E-state index in [0.29, 0.717) is 5.92 Å². The number of carbonyl (C=O) groups is 1. The third-order valence-corrected chi connectivity index (χ3v) is 6.88. The molecular formula is C23H26O2. The molecule has 1 aromatic rings. The number of fused-ring (bicyclic) bond motifs is 2. The first kappa shape index (κ1) is 16.5. The van der Waals surface area contributed by atoms with Gasteiger partial charge in [0.1, 0.15) is 0 Å². The van der Waals surface area contributed by atoms with Crippen LogP contribution >= 0.6 is 0 Å². The van der Waals surface area contributed by atoms with Crippen LogP contribution in [0.15, 0.2) is 29.8 Å². The SMILES string of the molecule is CC1(C)CCC(C)(C)c2cc(C34CC=C(C#CC(=O)O)C3C4)ccc21. The van der Waals surface area contributed by atoms with Gasteiger partial charge in [0, 0.05) is 22.8 Å². The van der Waals surface area contributed by atoms with Gasteiger partial charge in [-0.05, 0) is 53.2 Å². The van der Waals surface area contributed by atoms with Crippen molar-refractivity contribution >= 4 is 5.97 Å². The molecule has 3 aliphatic rings. The molecule has 0 saturated heterocycles. The summed E-state index contributed by atoms with van der Waals surface area (Å²) in [5.74, 6) is 4.52. The minimum absolute atomic E-state index is 0.176. The highest BCUT2D eigenvalue weighted by Crippen LogP contribution is 2.64. The van der Waals surface area contributed by atoms with Crippen molar-refractivity contribution < 1.29 is 9.90 Å². The monoisotopic (exact) mass is 334 g/mol. The molecule has 1 saturated carbocycles. The molecule has 2 unspecified atom stereocenters. The molecule has 0 spiro atoms. The molecule has 3 aliphatic carbocycles. The zero-order chi connectivity index (χ0) is 18.0. The Morgan fingerprint density at radius 3 is 2.44 bits per heavy atom. The van der Waals surface area contributed by atoms with Gasteiger partial charge < -0.3 is 5.11 Å². The second-order valence-corrected chi connectivity index (χ2v) is 9.36. The Labute approximate surface area is 150 Å². The van der Waals surface area contributed by atoms with Crippen molar-refractivity contribution in [2.75, 3.05) is 0 Å². The molecule has 1 N–H and O–H groups in total. The molecule has 1 fully saturated rings. The molecule has 2 heteroatoms. The third kappa shape index (κ3) is 2.44. The molecular weight excluding hydrogens is 308 g/mol. The molecule has 0 radical (unpaired) electrons. The minimum atomic E-state index is -1.04. The lowest BCUT2D eigenvalue weighted by molar-refractivity contribution is -0.130. The number of hydrogen-bond donors (Lipinski definition) is 1. The van der Waals surface area contributed by atoms with E-state index in [2.05, 4.69) is 63.8 Å². The molecule has 2 nitrogen and oxygen atoms in total. The van der Waals surface area contributed by atoms with Crippen LogP contribution in [0, 0.1) is 17.8 Å². The van der Waals surface area contributed by atoms with Gasteiger partial charge in [-0.15, -0.1) is 0 Å². The van der Waals surface area contributed by atoms with E-state index in [9.17, 15) is 4.79 Å². The number of rotatable bonds is 1. The molecule has 1 aromatic carbocycles. The van der Waals surface area contributed by atoms with Crippen molar-refractivity contribution in [1.82, 2.24) is 0 Å². The van der Waals surface area contributed by atoms with E-state index in [1.807, 2.05) is 0 Å². The highest BCUT2D eigenvalue weighted by Gasteiger charge is 2.59. The molecule has 0 heterocycles. The van der Waals surface area contributed by atoms with Crippen molar-refractivity contribution in [2.45, 2.75) is 69.6 Å². The molecule has 0 bridgehead atoms. The molecule has 2 atom stereocenters. The van der Waals surface area contributed by atoms with Crippen LogP contribution in [0.5, 0.6) is 0 Å². The van der Waals surface area contributed by atoms with Gasteiger partial charge in [0.15, 0.2) is 0 Å². The Morgan fingerprint density at radius 1 is 1.12 bits per heavy atom. The van der Waals surface area contributed by atoms with Crippen LogP contribution in [-0.4, -0.2) is 11.1 Å². The maximum atomic E-state index is 10.7. The summed E-state index contributed by atoms with van der Waals surface area (Å²) in [5.41, 5.74) is 6.10. The maximum absolute atomic E-state index is 10.7. The van der Waals surface area contributed by atoms with E-state index in [4.69, 9.17) is 5.11 Å². The van der Waals surface area contributed by atoms with Gasteiger partial charge in [0.2, 0.25) is 0 Å². The Morgan fingerprint density at radius 2 is 1.80 bits per heavy atom. The van der Waals surface area contributed by atoms with Crippen LogP contribution < -0.4 is 0 Å². The van der Waals surface area contributed by atoms with Gasteiger partial charge >= 0.3 is 5.97 Å². The van der Waals surface area contributed by atoms with Gasteiger partial charge in [-0.2, -0.15) is 0 Å². The van der Waals surface area contributed by atoms with E-state index >= 15 is 0 Å². The first-order valence-electron chi connectivity index (χ1n) is 9.26. The Hall–Kier alpha value is -2.01. The largest absolute Gasteiger partial charge is 0.472 e. The average molecular weight is 334 g/mol. The van der Waals surface area contributed by atoms with Crippen LogP contribution in [0.3, 0.4) is 0 Å². The van der Waals surface area contributed by atoms with Crippen molar-refractivity contribution in [3.8, 4) is 11.8 Å². The third-order valence-electron chi connectivity index (χ3n) is 6.88. The Kier molecular flexibility index (Phi) is 3.30. The van der Waals surface area contributed by atoms with Crippen LogP contribution in [-0.2, 0) is 21.0 Å². The van der Waals surface area contributed by atoms with Crippen molar-refractivity contribution in [1.29, 1.82) is 0 Å². The van der Waals surface area contributed by atoms with Gasteiger partial charge in [-0.3, -0.25) is 0 Å². The summed E-state index contributed by atoms with van der Waals surface area (Å²) in [5, 5.41) is 8.79. The zero-order valence-corrected chi connectivity index (χ0v) is 15.6. The number of carboxylic acid groups (broad SMARTS) is 1. The summed E-state index contributed by atoms with van der Waals surface area (Å²) in [6, 6.07) is 7.14. The van der Waals surface area contributed by atoms with Crippen molar-refractivity contribution in [3.63, 3.8) is 0 Å². The molecule has 0 aliphatic heterocycles. The summed E-state index contributed by atoms with van der Waals surface area (Å²) in [6.07, 6.45) is 6.70. The van der Waals surface area contributed by atoms with E-state index in [0.717, 1.165) is 18.4 Å². The van der Waals surface area contributed by atoms with E-state index in [1.165, 1.54) is 29.5 Å². The minimum Gasteiger partial charge on any atom is -0.472 e. The van der Waals surface area contributed by atoms with Gasteiger partial charge in [0.05, 0.1) is 0 Å². The van der Waals surface area contributed by atoms with Gasteiger partial charge in [-0.25, -0.2) is 4.79 Å². The Bertz CT molecular complexity index is 860. The number of hydrogen-bond acceptors (Lipinski definition) is 1. The average Bonchev–Trinajstić information content (AvgIpc) is 3.18. The topological polar surface area (TPSA) is 37.3 Å². The summed E-state index contributed by atoms with van der Waals surface area (Å²) in [4.78, 5) is 10.7. The number of aliphatic carboxylic acids is 1. The van der Waals surface area contributed by atoms with Crippen LogP contribution in [0.1, 0.15) is 70.1 Å². The van der Waals surface area contributed by atoms with Gasteiger partial charge in [0.25, 0.3) is 0 Å². The molecule has 25 heavy (non-hydrogen) atoms. The molecule has 4 rings (SSSR count). The van der Waals surface area contributed by atoms with E-state index in [-0.39, 0.29) is 16.2 Å². The fourth-order valence-corrected chi connectivity index (χ4v) is 4.97. The molecule has 0 aromatic heterocycles. The first-order chi connectivity index (χ1) is 11.7. The summed E-state index contributed by atoms with van der Waals surface area (Å²) >= 11 is 0. The van der Waals surface area contributed by atoms with Crippen LogP contribution in [0.25, 0.3) is 0 Å². The first-order valence-corrected chi connectivity index (χ1v) is 9.26.